The van der Waals surface area contributed by atoms with Gasteiger partial charge in [-0.2, -0.15) is 18.2 Å². The van der Waals surface area contributed by atoms with Gasteiger partial charge < -0.3 is 8.78 Å². The van der Waals surface area contributed by atoms with Gasteiger partial charge in [0, 0.05) is 13.7 Å². The molecule has 0 unspecified atom stereocenters. The molecule has 3 fully saturated rings. The number of hydrogen-bond donors (Lipinski definition) is 0. The van der Waals surface area contributed by atoms with Crippen molar-refractivity contribution in [3.8, 4) is 0 Å². The van der Waals surface area contributed by atoms with Gasteiger partial charge in [0.15, 0.2) is 0 Å². The van der Waals surface area contributed by atoms with E-state index in [2.05, 4.69) is 15.3 Å². The van der Waals surface area contributed by atoms with Gasteiger partial charge in [0.1, 0.15) is 0 Å². The molecule has 3 aliphatic carbocycles. The monoisotopic (exact) mass is 659 g/mol. The Morgan fingerprint density at radius 2 is 1.00 bits per heavy atom. The van der Waals surface area contributed by atoms with Crippen LogP contribution in [0, 0.1) is 18.8 Å². The Hall–Kier alpha value is 0.470. The van der Waals surface area contributed by atoms with Crippen molar-refractivity contribution in [3.05, 3.63) is 43.1 Å². The first-order valence-corrected chi connectivity index (χ1v) is 16.3. The maximum absolute atomic E-state index is 11.9. The summed E-state index contributed by atoms with van der Waals surface area (Å²) in [7, 11) is 4.54. The Labute approximate surface area is 206 Å². The maximum atomic E-state index is 11.9. The molecule has 1 aromatic rings. The zero-order valence-electron chi connectivity index (χ0n) is 18.5. The van der Waals surface area contributed by atoms with Gasteiger partial charge >= 0.3 is 29.2 Å². The number of halogens is 4. The van der Waals surface area contributed by atoms with E-state index >= 15 is 0 Å². The Kier molecular flexibility index (Phi) is 18.9. The summed E-state index contributed by atoms with van der Waals surface area (Å²) in [6.45, 7) is -1.00. The van der Waals surface area contributed by atoms with Crippen molar-refractivity contribution >= 4 is 17.1 Å². The van der Waals surface area contributed by atoms with Crippen molar-refractivity contribution in [1.82, 2.24) is 0 Å². The second-order valence-electron chi connectivity index (χ2n) is 8.81. The predicted molar refractivity (Wildman–Crippen MR) is 127 cm³/mol. The second kappa shape index (κ2) is 19.9. The Morgan fingerprint density at radius 1 is 0.710 bits per heavy atom. The molecule has 184 valence electrons. The molecule has 0 spiro atoms. The number of benzene rings is 1. The summed E-state index contributed by atoms with van der Waals surface area (Å²) >= 11 is 1.75. The summed E-state index contributed by atoms with van der Waals surface area (Å²) < 4.78 is 30.9. The first kappa shape index (κ1) is 29.5. The molecule has 0 bridgehead atoms. The zero-order valence-corrected chi connectivity index (χ0v) is 22.5. The van der Waals surface area contributed by atoms with Crippen LogP contribution in [0.3, 0.4) is 0 Å². The van der Waals surface area contributed by atoms with Crippen molar-refractivity contribution in [1.29, 1.82) is 0 Å². The Bertz CT molecular complexity index is 462. The van der Waals surface area contributed by atoms with Gasteiger partial charge in [0.2, 0.25) is 0 Å². The summed E-state index contributed by atoms with van der Waals surface area (Å²) in [5.41, 5.74) is 3.68. The van der Waals surface area contributed by atoms with Gasteiger partial charge in [0.05, 0.1) is 17.0 Å². The van der Waals surface area contributed by atoms with Gasteiger partial charge in [-0.15, -0.1) is 12.1 Å². The van der Waals surface area contributed by atoms with E-state index in [1.165, 1.54) is 41.2 Å². The fourth-order valence-electron chi connectivity index (χ4n) is 5.67. The van der Waals surface area contributed by atoms with Crippen LogP contribution in [0.15, 0.2) is 24.3 Å². The van der Waals surface area contributed by atoms with E-state index in [4.69, 9.17) is 0 Å². The summed E-state index contributed by atoms with van der Waals surface area (Å²) in [5, 5.41) is 0. The number of hydrogen-bond acceptors (Lipinski definition) is 0. The first-order chi connectivity index (χ1) is 15.3. The molecule has 0 radical (unpaired) electrons. The van der Waals surface area contributed by atoms with Crippen LogP contribution in [0.2, 0.25) is 0 Å². The third kappa shape index (κ3) is 12.5. The molecule has 0 amide bonds. The molecule has 0 nitrogen and oxygen atoms in total. The van der Waals surface area contributed by atoms with Crippen molar-refractivity contribution in [2.24, 2.45) is 0 Å². The van der Waals surface area contributed by atoms with Crippen LogP contribution in [-0.4, -0.2) is 17.0 Å². The van der Waals surface area contributed by atoms with Crippen LogP contribution in [0.4, 0.5) is 13.2 Å². The number of rotatable bonds is 3. The Balaban J connectivity index is 0.000000333. The van der Waals surface area contributed by atoms with Crippen LogP contribution in [0.1, 0.15) is 96.3 Å². The summed E-state index contributed by atoms with van der Waals surface area (Å²) in [5.74, 6) is -0.209. The summed E-state index contributed by atoms with van der Waals surface area (Å²) in [4.78, 5) is 0. The predicted octanol–water partition coefficient (Wildman–Crippen LogP) is 9.56. The minimum absolute atomic E-state index is 0.0465. The zero-order chi connectivity index (χ0) is 22.7. The van der Waals surface area contributed by atoms with E-state index < -0.39 is 6.93 Å². The van der Waals surface area contributed by atoms with E-state index in [9.17, 15) is 13.2 Å². The van der Waals surface area contributed by atoms with Crippen LogP contribution in [0.5, 0.6) is 0 Å². The average molecular weight is 660 g/mol. The molecule has 6 heteroatoms. The van der Waals surface area contributed by atoms with E-state index in [1.807, 2.05) is 0 Å². The Morgan fingerprint density at radius 3 is 1.23 bits per heavy atom. The van der Waals surface area contributed by atoms with Crippen molar-refractivity contribution in [2.45, 2.75) is 113 Å². The molecule has 0 N–H and O–H groups in total. The van der Waals surface area contributed by atoms with Gasteiger partial charge in [-0.25, -0.2) is 4.39 Å². The fourth-order valence-corrected chi connectivity index (χ4v) is 10.9. The molecule has 0 saturated heterocycles. The van der Waals surface area contributed by atoms with Crippen molar-refractivity contribution in [3.63, 3.8) is 0 Å². The van der Waals surface area contributed by atoms with Gasteiger partial charge in [-0.1, -0.05) is 19.3 Å². The van der Waals surface area contributed by atoms with Gasteiger partial charge in [-0.3, -0.25) is 0 Å². The van der Waals surface area contributed by atoms with Crippen LogP contribution in [0.25, 0.3) is 0 Å². The summed E-state index contributed by atoms with van der Waals surface area (Å²) in [6.07, 6.45) is 23.8. The quantitative estimate of drug-likeness (QED) is 0.172. The molecule has 0 heterocycles. The molecule has 0 aromatic heterocycles. The van der Waals surface area contributed by atoms with Gasteiger partial charge in [-0.05, 0) is 84.0 Å². The standard InChI is InChI=1S/C18H33P.C6H4F.CHF2.Au.ClH/c1-4-10-16(11-5-1)19(17-12-6-2-7-13-17)18-14-8-3-9-15-18;7-6-4-2-1-3-5-6;2-1-3;;/h16-18H,1-15H2;2-5H;1H;;1H/q;2*-1;+1;. The van der Waals surface area contributed by atoms with Crippen molar-refractivity contribution < 1.29 is 33.2 Å². The van der Waals surface area contributed by atoms with Crippen LogP contribution >= 0.6 is 17.1 Å². The van der Waals surface area contributed by atoms with E-state index in [1.54, 1.807) is 116 Å². The molecule has 0 atom stereocenters. The van der Waals surface area contributed by atoms with E-state index in [0.717, 1.165) is 0 Å². The van der Waals surface area contributed by atoms with Gasteiger partial charge in [0.25, 0.3) is 0 Å². The van der Waals surface area contributed by atoms with Crippen molar-refractivity contribution in [2.75, 3.05) is 0 Å². The molecular formula is C25H39AuClF3P-. The first-order valence-electron chi connectivity index (χ1n) is 11.9. The average Bonchev–Trinajstić information content (AvgIpc) is 2.84. The molecular weight excluding hydrogens is 621 g/mol. The SMILES string of the molecule is C1CCC([PH+](C2CCCCC2)C2CCCCC2)CC1.F[CH-]F.Fc1cc[c-]cc1.[Cl][Au]. The summed E-state index contributed by atoms with van der Waals surface area (Å²) in [6, 6.07) is 8.49. The molecule has 0 aliphatic heterocycles. The molecule has 3 aliphatic rings. The minimum atomic E-state index is -1.00. The third-order valence-corrected chi connectivity index (χ3v) is 11.5. The fraction of sp³-hybridized carbons (Fsp3) is 0.720. The topological polar surface area (TPSA) is 0 Å². The van der Waals surface area contributed by atoms with E-state index in [-0.39, 0.29) is 13.7 Å². The van der Waals surface area contributed by atoms with Crippen LogP contribution in [-0.2, 0) is 20.0 Å². The molecule has 4 rings (SSSR count). The molecule has 31 heavy (non-hydrogen) atoms. The second-order valence-corrected chi connectivity index (χ2v) is 12.3. The molecule has 1 aromatic carbocycles. The van der Waals surface area contributed by atoms with Crippen LogP contribution < -0.4 is 0 Å². The molecule has 3 saturated carbocycles. The third-order valence-electron chi connectivity index (χ3n) is 6.91. The normalized spacial score (nSPS) is 20.5. The van der Waals surface area contributed by atoms with E-state index in [0.29, 0.717) is 0 Å².